The van der Waals surface area contributed by atoms with Crippen LogP contribution in [0.2, 0.25) is 0 Å². The van der Waals surface area contributed by atoms with Crippen LogP contribution in [-0.2, 0) is 24.3 Å². The quantitative estimate of drug-likeness (QED) is 0.499. The number of rotatable bonds is 9. The highest BCUT2D eigenvalue weighted by Gasteiger charge is 2.16. The van der Waals surface area contributed by atoms with Gasteiger partial charge in [0.05, 0.1) is 5.75 Å². The molecular weight excluding hydrogens is 382 g/mol. The molecule has 1 aromatic carbocycles. The summed E-state index contributed by atoms with van der Waals surface area (Å²) >= 11 is 1.44. The molecule has 0 radical (unpaired) electrons. The Morgan fingerprint density at radius 3 is 2.38 bits per heavy atom. The summed E-state index contributed by atoms with van der Waals surface area (Å²) in [5.74, 6) is 1.22. The lowest BCUT2D eigenvalue weighted by atomic mass is 10.1. The van der Waals surface area contributed by atoms with Gasteiger partial charge in [-0.05, 0) is 36.1 Å². The fraction of sp³-hybridized carbons (Fsp3) is 0.364. The van der Waals surface area contributed by atoms with E-state index in [4.69, 9.17) is 0 Å². The molecular formula is C22H27N5OS. The second-order valence-electron chi connectivity index (χ2n) is 6.90. The fourth-order valence-corrected chi connectivity index (χ4v) is 3.92. The third-order valence-electron chi connectivity index (χ3n) is 4.70. The van der Waals surface area contributed by atoms with E-state index in [0.717, 1.165) is 41.5 Å². The van der Waals surface area contributed by atoms with Gasteiger partial charge in [0, 0.05) is 38.1 Å². The molecule has 0 saturated heterocycles. The second kappa shape index (κ2) is 10.2. The normalized spacial score (nSPS) is 10.9. The molecule has 0 N–H and O–H groups in total. The van der Waals surface area contributed by atoms with Crippen molar-refractivity contribution in [3.05, 3.63) is 59.9 Å². The van der Waals surface area contributed by atoms with E-state index in [-0.39, 0.29) is 5.91 Å². The Hall–Kier alpha value is -2.67. The lowest BCUT2D eigenvalue weighted by Crippen LogP contribution is -2.27. The molecule has 0 fully saturated rings. The molecule has 0 atom stereocenters. The van der Waals surface area contributed by atoms with E-state index >= 15 is 0 Å². The highest BCUT2D eigenvalue weighted by atomic mass is 32.2. The summed E-state index contributed by atoms with van der Waals surface area (Å²) in [6.45, 7) is 5.67. The fourth-order valence-electron chi connectivity index (χ4n) is 3.01. The summed E-state index contributed by atoms with van der Waals surface area (Å²) in [7, 11) is 1.84. The van der Waals surface area contributed by atoms with Crippen molar-refractivity contribution >= 4 is 17.7 Å². The van der Waals surface area contributed by atoms with Gasteiger partial charge in [0.15, 0.2) is 11.0 Å². The molecule has 0 bridgehead atoms. The summed E-state index contributed by atoms with van der Waals surface area (Å²) in [5.41, 5.74) is 3.42. The molecule has 1 amide bonds. The molecule has 2 heterocycles. The van der Waals surface area contributed by atoms with Crippen molar-refractivity contribution in [1.82, 2.24) is 24.6 Å². The Labute approximate surface area is 176 Å². The van der Waals surface area contributed by atoms with Crippen LogP contribution in [-0.4, -0.2) is 43.4 Å². The highest BCUT2D eigenvalue weighted by molar-refractivity contribution is 7.99. The Balaban J connectivity index is 1.64. The van der Waals surface area contributed by atoms with Crippen molar-refractivity contribution in [1.29, 1.82) is 0 Å². The van der Waals surface area contributed by atoms with Crippen molar-refractivity contribution < 1.29 is 4.79 Å². The van der Waals surface area contributed by atoms with Crippen LogP contribution < -0.4 is 0 Å². The maximum absolute atomic E-state index is 12.6. The van der Waals surface area contributed by atoms with E-state index in [1.165, 1.54) is 17.3 Å². The molecule has 0 spiro atoms. The number of hydrogen-bond acceptors (Lipinski definition) is 5. The van der Waals surface area contributed by atoms with Crippen LogP contribution in [0.5, 0.6) is 0 Å². The average molecular weight is 410 g/mol. The summed E-state index contributed by atoms with van der Waals surface area (Å²) in [5, 5.41) is 9.45. The van der Waals surface area contributed by atoms with Crippen LogP contribution in [0.4, 0.5) is 0 Å². The zero-order valence-corrected chi connectivity index (χ0v) is 18.0. The van der Waals surface area contributed by atoms with Gasteiger partial charge in [-0.1, -0.05) is 49.9 Å². The van der Waals surface area contributed by atoms with E-state index in [2.05, 4.69) is 57.9 Å². The predicted octanol–water partition coefficient (Wildman–Crippen LogP) is 4.06. The van der Waals surface area contributed by atoms with Crippen LogP contribution in [0.15, 0.2) is 53.9 Å². The largest absolute Gasteiger partial charge is 0.341 e. The van der Waals surface area contributed by atoms with E-state index in [0.29, 0.717) is 12.3 Å². The monoisotopic (exact) mass is 409 g/mol. The predicted molar refractivity (Wildman–Crippen MR) is 117 cm³/mol. The number of thioether (sulfide) groups is 1. The van der Waals surface area contributed by atoms with Gasteiger partial charge in [-0.25, -0.2) is 0 Å². The minimum absolute atomic E-state index is 0.0751. The Bertz CT molecular complexity index is 924. The second-order valence-corrected chi connectivity index (χ2v) is 7.84. The Morgan fingerprint density at radius 1 is 1.03 bits per heavy atom. The third-order valence-corrected chi connectivity index (χ3v) is 5.66. The molecule has 7 heteroatoms. The van der Waals surface area contributed by atoms with Gasteiger partial charge in [-0.15, -0.1) is 10.2 Å². The maximum atomic E-state index is 12.6. The van der Waals surface area contributed by atoms with Gasteiger partial charge in [-0.3, -0.25) is 9.78 Å². The van der Waals surface area contributed by atoms with Crippen molar-refractivity contribution in [2.75, 3.05) is 12.8 Å². The first-order valence-electron chi connectivity index (χ1n) is 9.90. The van der Waals surface area contributed by atoms with E-state index < -0.39 is 0 Å². The number of benzene rings is 1. The van der Waals surface area contributed by atoms with Gasteiger partial charge >= 0.3 is 0 Å². The van der Waals surface area contributed by atoms with E-state index in [1.54, 1.807) is 17.3 Å². The van der Waals surface area contributed by atoms with Crippen LogP contribution in [0.3, 0.4) is 0 Å². The van der Waals surface area contributed by atoms with Crippen molar-refractivity contribution in [2.45, 2.75) is 44.9 Å². The SMILES string of the molecule is CCCn1c(SCC(=O)N(C)Cc2ccc(CC)cc2)nnc1-c1ccncc1. The van der Waals surface area contributed by atoms with Gasteiger partial charge in [-0.2, -0.15) is 0 Å². The number of carbonyl (C=O) groups excluding carboxylic acids is 1. The number of amides is 1. The molecule has 0 aliphatic heterocycles. The van der Waals surface area contributed by atoms with Gasteiger partial charge < -0.3 is 9.47 Å². The number of pyridine rings is 1. The maximum Gasteiger partial charge on any atom is 0.233 e. The van der Waals surface area contributed by atoms with Crippen molar-refractivity contribution in [3.63, 3.8) is 0 Å². The van der Waals surface area contributed by atoms with E-state index in [1.807, 2.05) is 19.2 Å². The number of aromatic nitrogens is 4. The first kappa shape index (κ1) is 21.0. The number of nitrogens with zero attached hydrogens (tertiary/aromatic N) is 5. The van der Waals surface area contributed by atoms with Crippen LogP contribution in [0, 0.1) is 0 Å². The lowest BCUT2D eigenvalue weighted by Gasteiger charge is -2.17. The molecule has 2 aromatic heterocycles. The lowest BCUT2D eigenvalue weighted by molar-refractivity contribution is -0.127. The molecule has 0 unspecified atom stereocenters. The third kappa shape index (κ3) is 5.44. The minimum Gasteiger partial charge on any atom is -0.341 e. The van der Waals surface area contributed by atoms with Gasteiger partial charge in [0.2, 0.25) is 5.91 Å². The van der Waals surface area contributed by atoms with Crippen LogP contribution >= 0.6 is 11.8 Å². The molecule has 3 aromatic rings. The molecule has 152 valence electrons. The molecule has 3 rings (SSSR count). The Morgan fingerprint density at radius 2 is 1.72 bits per heavy atom. The first-order chi connectivity index (χ1) is 14.1. The Kier molecular flexibility index (Phi) is 7.41. The summed E-state index contributed by atoms with van der Waals surface area (Å²) < 4.78 is 2.08. The average Bonchev–Trinajstić information content (AvgIpc) is 3.16. The zero-order chi connectivity index (χ0) is 20.6. The highest BCUT2D eigenvalue weighted by Crippen LogP contribution is 2.24. The molecule has 29 heavy (non-hydrogen) atoms. The molecule has 6 nitrogen and oxygen atoms in total. The summed E-state index contributed by atoms with van der Waals surface area (Å²) in [4.78, 5) is 18.5. The van der Waals surface area contributed by atoms with Gasteiger partial charge in [0.25, 0.3) is 0 Å². The topological polar surface area (TPSA) is 63.9 Å². The standard InChI is InChI=1S/C22H27N5OS/c1-4-14-27-21(19-10-12-23-13-11-19)24-25-22(27)29-16-20(28)26(3)15-18-8-6-17(5-2)7-9-18/h6-13H,4-5,14-16H2,1-3H3. The number of hydrogen-bond donors (Lipinski definition) is 0. The van der Waals surface area contributed by atoms with Crippen LogP contribution in [0.1, 0.15) is 31.4 Å². The number of carbonyl (C=O) groups is 1. The van der Waals surface area contributed by atoms with Crippen molar-refractivity contribution in [2.24, 2.45) is 0 Å². The summed E-state index contributed by atoms with van der Waals surface area (Å²) in [6, 6.07) is 12.3. The van der Waals surface area contributed by atoms with Gasteiger partial charge in [0.1, 0.15) is 0 Å². The summed E-state index contributed by atoms with van der Waals surface area (Å²) in [6.07, 6.45) is 5.48. The minimum atomic E-state index is 0.0751. The smallest absolute Gasteiger partial charge is 0.233 e. The van der Waals surface area contributed by atoms with Crippen molar-refractivity contribution in [3.8, 4) is 11.4 Å². The molecule has 0 aliphatic rings. The van der Waals surface area contributed by atoms with E-state index in [9.17, 15) is 4.79 Å². The molecule has 0 aliphatic carbocycles. The first-order valence-corrected chi connectivity index (χ1v) is 10.9. The zero-order valence-electron chi connectivity index (χ0n) is 17.2. The molecule has 0 saturated carbocycles. The number of aryl methyl sites for hydroxylation is 1. The van der Waals surface area contributed by atoms with Crippen LogP contribution in [0.25, 0.3) is 11.4 Å².